The number of carbonyl (C=O) groups excluding carboxylic acids is 1. The summed E-state index contributed by atoms with van der Waals surface area (Å²) in [5, 5.41) is 6.52. The highest BCUT2D eigenvalue weighted by Crippen LogP contribution is 2.24. The predicted octanol–water partition coefficient (Wildman–Crippen LogP) is 3.07. The van der Waals surface area contributed by atoms with Gasteiger partial charge in [0.05, 0.1) is 0 Å². The summed E-state index contributed by atoms with van der Waals surface area (Å²) < 4.78 is 5.29. The molecule has 0 aromatic rings. The summed E-state index contributed by atoms with van der Waals surface area (Å²) in [6.07, 6.45) is 4.47. The Morgan fingerprint density at radius 3 is 2.53 bits per heavy atom. The molecule has 1 aliphatic rings. The Labute approximate surface area is 117 Å². The summed E-state index contributed by atoms with van der Waals surface area (Å²) in [4.78, 5) is 11.7. The number of hydrogen-bond donors (Lipinski definition) is 2. The van der Waals surface area contributed by atoms with Crippen molar-refractivity contribution in [2.75, 3.05) is 6.54 Å². The van der Waals surface area contributed by atoms with Crippen LogP contribution in [0.15, 0.2) is 0 Å². The van der Waals surface area contributed by atoms with E-state index >= 15 is 0 Å². The molecule has 0 radical (unpaired) electrons. The van der Waals surface area contributed by atoms with Gasteiger partial charge < -0.3 is 15.4 Å². The molecule has 3 unspecified atom stereocenters. The maximum Gasteiger partial charge on any atom is 0.407 e. The number of carbonyl (C=O) groups is 1. The van der Waals surface area contributed by atoms with Crippen LogP contribution in [0.1, 0.15) is 60.3 Å². The molecule has 1 amide bonds. The van der Waals surface area contributed by atoms with Crippen LogP contribution in [0.4, 0.5) is 4.79 Å². The molecule has 0 aliphatic heterocycles. The van der Waals surface area contributed by atoms with Crippen molar-refractivity contribution >= 4 is 6.09 Å². The zero-order valence-corrected chi connectivity index (χ0v) is 13.1. The number of alkyl carbamates (subject to hydrolysis) is 1. The first-order valence-corrected chi connectivity index (χ1v) is 7.54. The summed E-state index contributed by atoms with van der Waals surface area (Å²) in [6, 6.07) is 0.747. The SMILES string of the molecule is CCC(CNC1CCCC1C)NC(=O)OC(C)(C)C. The van der Waals surface area contributed by atoms with Crippen molar-refractivity contribution < 1.29 is 9.53 Å². The van der Waals surface area contributed by atoms with E-state index in [-0.39, 0.29) is 12.1 Å². The van der Waals surface area contributed by atoms with Crippen molar-refractivity contribution in [2.45, 2.75) is 78.0 Å². The van der Waals surface area contributed by atoms with Gasteiger partial charge in [-0.25, -0.2) is 4.79 Å². The molecular formula is C15H30N2O2. The van der Waals surface area contributed by atoms with Crippen LogP contribution in [0.2, 0.25) is 0 Å². The fourth-order valence-corrected chi connectivity index (χ4v) is 2.51. The van der Waals surface area contributed by atoms with Crippen molar-refractivity contribution in [1.29, 1.82) is 0 Å². The van der Waals surface area contributed by atoms with Crippen LogP contribution in [0, 0.1) is 5.92 Å². The minimum absolute atomic E-state index is 0.141. The molecule has 1 aliphatic carbocycles. The van der Waals surface area contributed by atoms with Gasteiger partial charge in [-0.1, -0.05) is 20.3 Å². The number of rotatable bonds is 5. The Hall–Kier alpha value is -0.770. The quantitative estimate of drug-likeness (QED) is 0.807. The molecule has 2 N–H and O–H groups in total. The Bertz CT molecular complexity index is 286. The van der Waals surface area contributed by atoms with Gasteiger partial charge >= 0.3 is 6.09 Å². The highest BCUT2D eigenvalue weighted by Gasteiger charge is 2.24. The maximum absolute atomic E-state index is 11.7. The van der Waals surface area contributed by atoms with Gasteiger partial charge in [0, 0.05) is 18.6 Å². The van der Waals surface area contributed by atoms with Crippen LogP contribution < -0.4 is 10.6 Å². The topological polar surface area (TPSA) is 50.4 Å². The van der Waals surface area contributed by atoms with Gasteiger partial charge in [-0.15, -0.1) is 0 Å². The Morgan fingerprint density at radius 1 is 1.37 bits per heavy atom. The van der Waals surface area contributed by atoms with E-state index in [4.69, 9.17) is 4.74 Å². The molecular weight excluding hydrogens is 240 g/mol. The third-order valence-corrected chi connectivity index (χ3v) is 3.70. The Balaban J connectivity index is 2.31. The molecule has 0 aromatic carbocycles. The van der Waals surface area contributed by atoms with Gasteiger partial charge in [0.15, 0.2) is 0 Å². The van der Waals surface area contributed by atoms with Gasteiger partial charge in [0.2, 0.25) is 0 Å². The second-order valence-electron chi connectivity index (χ2n) is 6.67. The molecule has 0 saturated heterocycles. The monoisotopic (exact) mass is 270 g/mol. The van der Waals surface area contributed by atoms with E-state index in [0.717, 1.165) is 18.9 Å². The van der Waals surface area contributed by atoms with Gasteiger partial charge in [-0.3, -0.25) is 0 Å². The fourth-order valence-electron chi connectivity index (χ4n) is 2.51. The normalized spacial score (nSPS) is 25.1. The molecule has 1 fully saturated rings. The average molecular weight is 270 g/mol. The summed E-state index contributed by atoms with van der Waals surface area (Å²) in [7, 11) is 0. The lowest BCUT2D eigenvalue weighted by atomic mass is 10.1. The molecule has 19 heavy (non-hydrogen) atoms. The van der Waals surface area contributed by atoms with Crippen molar-refractivity contribution in [3.8, 4) is 0 Å². The second-order valence-corrected chi connectivity index (χ2v) is 6.67. The van der Waals surface area contributed by atoms with E-state index in [1.807, 2.05) is 20.8 Å². The van der Waals surface area contributed by atoms with Gasteiger partial charge in [-0.05, 0) is 46.0 Å². The van der Waals surface area contributed by atoms with E-state index in [1.54, 1.807) is 0 Å². The third-order valence-electron chi connectivity index (χ3n) is 3.70. The van der Waals surface area contributed by atoms with E-state index < -0.39 is 5.60 Å². The van der Waals surface area contributed by atoms with Crippen molar-refractivity contribution in [3.05, 3.63) is 0 Å². The van der Waals surface area contributed by atoms with Crippen molar-refractivity contribution in [2.24, 2.45) is 5.92 Å². The third kappa shape index (κ3) is 6.28. The minimum Gasteiger partial charge on any atom is -0.444 e. The van der Waals surface area contributed by atoms with Crippen LogP contribution in [-0.4, -0.2) is 30.3 Å². The summed E-state index contributed by atoms with van der Waals surface area (Å²) in [5.41, 5.74) is -0.435. The first kappa shape index (κ1) is 16.3. The lowest BCUT2D eigenvalue weighted by Gasteiger charge is -2.25. The zero-order chi connectivity index (χ0) is 14.5. The highest BCUT2D eigenvalue weighted by molar-refractivity contribution is 5.68. The molecule has 1 rings (SSSR count). The molecule has 4 nitrogen and oxygen atoms in total. The van der Waals surface area contributed by atoms with Crippen LogP contribution in [-0.2, 0) is 4.74 Å². The zero-order valence-electron chi connectivity index (χ0n) is 13.1. The molecule has 0 aromatic heterocycles. The number of ether oxygens (including phenoxy) is 1. The number of amides is 1. The Morgan fingerprint density at radius 2 is 2.05 bits per heavy atom. The highest BCUT2D eigenvalue weighted by atomic mass is 16.6. The number of nitrogens with one attached hydrogen (secondary N) is 2. The summed E-state index contributed by atoms with van der Waals surface area (Å²) >= 11 is 0. The van der Waals surface area contributed by atoms with Crippen LogP contribution in [0.3, 0.4) is 0 Å². The molecule has 0 bridgehead atoms. The van der Waals surface area contributed by atoms with Gasteiger partial charge in [0.25, 0.3) is 0 Å². The smallest absolute Gasteiger partial charge is 0.407 e. The molecule has 112 valence electrons. The van der Waals surface area contributed by atoms with Gasteiger partial charge in [0.1, 0.15) is 5.60 Å². The van der Waals surface area contributed by atoms with Crippen LogP contribution in [0.25, 0.3) is 0 Å². The average Bonchev–Trinajstić information content (AvgIpc) is 2.67. The summed E-state index contributed by atoms with van der Waals surface area (Å²) in [5.74, 6) is 0.749. The minimum atomic E-state index is -0.435. The summed E-state index contributed by atoms with van der Waals surface area (Å²) in [6.45, 7) is 10.9. The maximum atomic E-state index is 11.7. The molecule has 0 heterocycles. The van der Waals surface area contributed by atoms with E-state index in [0.29, 0.717) is 6.04 Å². The largest absolute Gasteiger partial charge is 0.444 e. The number of hydrogen-bond acceptors (Lipinski definition) is 3. The fraction of sp³-hybridized carbons (Fsp3) is 0.933. The Kier molecular flexibility index (Phi) is 6.11. The lowest BCUT2D eigenvalue weighted by Crippen LogP contribution is -2.46. The second kappa shape index (κ2) is 7.13. The standard InChI is InChI=1S/C15H30N2O2/c1-6-12(17-14(18)19-15(3,4)5)10-16-13-9-7-8-11(13)2/h11-13,16H,6-10H2,1-5H3,(H,17,18). The first-order valence-electron chi connectivity index (χ1n) is 7.54. The van der Waals surface area contributed by atoms with E-state index in [9.17, 15) is 4.79 Å². The lowest BCUT2D eigenvalue weighted by molar-refractivity contribution is 0.0501. The predicted molar refractivity (Wildman–Crippen MR) is 78.3 cm³/mol. The van der Waals surface area contributed by atoms with Crippen LogP contribution in [0.5, 0.6) is 0 Å². The van der Waals surface area contributed by atoms with Gasteiger partial charge in [-0.2, -0.15) is 0 Å². The molecule has 0 spiro atoms. The van der Waals surface area contributed by atoms with Crippen molar-refractivity contribution in [1.82, 2.24) is 10.6 Å². The van der Waals surface area contributed by atoms with E-state index in [2.05, 4.69) is 24.5 Å². The first-order chi connectivity index (χ1) is 8.81. The molecule has 1 saturated carbocycles. The van der Waals surface area contributed by atoms with E-state index in [1.165, 1.54) is 19.3 Å². The van der Waals surface area contributed by atoms with Crippen LogP contribution >= 0.6 is 0 Å². The molecule has 4 heteroatoms. The van der Waals surface area contributed by atoms with Crippen molar-refractivity contribution in [3.63, 3.8) is 0 Å². The molecule has 3 atom stereocenters.